The molecule has 0 bridgehead atoms. The van der Waals surface area contributed by atoms with Crippen molar-refractivity contribution in [2.24, 2.45) is 5.73 Å². The van der Waals surface area contributed by atoms with Gasteiger partial charge in [-0.1, -0.05) is 17.7 Å². The fourth-order valence-electron chi connectivity index (χ4n) is 1.81. The second-order valence-corrected chi connectivity index (χ2v) is 4.73. The minimum Gasteiger partial charge on any atom is -0.456 e. The van der Waals surface area contributed by atoms with E-state index in [1.54, 1.807) is 12.1 Å². The van der Waals surface area contributed by atoms with E-state index in [1.165, 1.54) is 12.1 Å². The van der Waals surface area contributed by atoms with Crippen LogP contribution in [-0.2, 0) is 6.42 Å². The van der Waals surface area contributed by atoms with Gasteiger partial charge in [0, 0.05) is 0 Å². The van der Waals surface area contributed by atoms with Crippen LogP contribution in [-0.4, -0.2) is 6.54 Å². The summed E-state index contributed by atoms with van der Waals surface area (Å²) in [5, 5.41) is 0.522. The summed E-state index contributed by atoms with van der Waals surface area (Å²) in [4.78, 5) is 0. The van der Waals surface area contributed by atoms with Crippen LogP contribution in [0.3, 0.4) is 0 Å². The molecule has 0 fully saturated rings. The molecule has 0 heterocycles. The summed E-state index contributed by atoms with van der Waals surface area (Å²) in [5.41, 5.74) is 7.30. The summed E-state index contributed by atoms with van der Waals surface area (Å²) in [7, 11) is 0. The van der Waals surface area contributed by atoms with Crippen LogP contribution >= 0.6 is 11.6 Å². The molecule has 0 aliphatic heterocycles. The highest BCUT2D eigenvalue weighted by Crippen LogP contribution is 2.32. The van der Waals surface area contributed by atoms with E-state index in [0.29, 0.717) is 29.5 Å². The van der Waals surface area contributed by atoms with Gasteiger partial charge in [0.2, 0.25) is 0 Å². The van der Waals surface area contributed by atoms with Gasteiger partial charge in [-0.15, -0.1) is 0 Å². The lowest BCUT2D eigenvalue weighted by atomic mass is 10.1. The molecule has 19 heavy (non-hydrogen) atoms. The molecule has 0 aliphatic carbocycles. The molecule has 0 atom stereocenters. The third-order valence-electron chi connectivity index (χ3n) is 2.74. The predicted octanol–water partition coefficient (Wildman–Crippen LogP) is 4.08. The highest BCUT2D eigenvalue weighted by molar-refractivity contribution is 6.32. The van der Waals surface area contributed by atoms with Crippen molar-refractivity contribution in [1.82, 2.24) is 0 Å². The van der Waals surface area contributed by atoms with E-state index in [4.69, 9.17) is 22.1 Å². The minimum atomic E-state index is -0.300. The van der Waals surface area contributed by atoms with Crippen molar-refractivity contribution >= 4 is 11.6 Å². The van der Waals surface area contributed by atoms with Crippen molar-refractivity contribution in [3.05, 3.63) is 58.4 Å². The molecule has 0 aromatic heterocycles. The number of nitrogens with two attached hydrogens (primary N) is 1. The summed E-state index contributed by atoms with van der Waals surface area (Å²) in [6, 6.07) is 9.92. The number of halogens is 2. The second kappa shape index (κ2) is 6.04. The molecule has 100 valence electrons. The first-order chi connectivity index (χ1) is 9.10. The third kappa shape index (κ3) is 3.46. The van der Waals surface area contributed by atoms with Crippen molar-refractivity contribution in [3.63, 3.8) is 0 Å². The van der Waals surface area contributed by atoms with Crippen LogP contribution in [0.2, 0.25) is 5.02 Å². The molecule has 2 aromatic carbocycles. The number of rotatable bonds is 4. The van der Waals surface area contributed by atoms with Crippen molar-refractivity contribution in [1.29, 1.82) is 0 Å². The van der Waals surface area contributed by atoms with E-state index >= 15 is 0 Å². The van der Waals surface area contributed by atoms with Gasteiger partial charge in [-0.05, 0) is 61.3 Å². The first-order valence-electron chi connectivity index (χ1n) is 6.02. The van der Waals surface area contributed by atoms with Gasteiger partial charge in [0.25, 0.3) is 0 Å². The molecule has 0 radical (unpaired) electrons. The maximum atomic E-state index is 13.2. The molecule has 0 spiro atoms. The molecule has 4 heteroatoms. The first-order valence-corrected chi connectivity index (χ1v) is 6.40. The van der Waals surface area contributed by atoms with Gasteiger partial charge >= 0.3 is 0 Å². The van der Waals surface area contributed by atoms with Gasteiger partial charge < -0.3 is 10.5 Å². The molecule has 2 nitrogen and oxygen atoms in total. The molecule has 2 rings (SSSR count). The monoisotopic (exact) mass is 279 g/mol. The Morgan fingerprint density at radius 1 is 1.16 bits per heavy atom. The number of aryl methyl sites for hydroxylation is 1. The molecule has 0 saturated carbocycles. The van der Waals surface area contributed by atoms with Crippen molar-refractivity contribution in [2.75, 3.05) is 6.54 Å². The van der Waals surface area contributed by atoms with Crippen LogP contribution in [0.4, 0.5) is 4.39 Å². The average Bonchev–Trinajstić information content (AvgIpc) is 2.37. The third-order valence-corrected chi connectivity index (χ3v) is 3.06. The van der Waals surface area contributed by atoms with Gasteiger partial charge in [0.05, 0.1) is 5.02 Å². The Morgan fingerprint density at radius 3 is 2.68 bits per heavy atom. The van der Waals surface area contributed by atoms with Crippen molar-refractivity contribution in [3.8, 4) is 11.5 Å². The van der Waals surface area contributed by atoms with E-state index in [1.807, 2.05) is 19.1 Å². The summed E-state index contributed by atoms with van der Waals surface area (Å²) in [5.74, 6) is 0.844. The lowest BCUT2D eigenvalue weighted by Gasteiger charge is -2.12. The van der Waals surface area contributed by atoms with E-state index in [2.05, 4.69) is 0 Å². The number of hydrogen-bond acceptors (Lipinski definition) is 2. The fraction of sp³-hybridized carbons (Fsp3) is 0.200. The molecule has 0 unspecified atom stereocenters. The molecular formula is C15H15ClFNO. The van der Waals surface area contributed by atoms with E-state index in [-0.39, 0.29) is 5.82 Å². The number of ether oxygens (including phenoxy) is 1. The van der Waals surface area contributed by atoms with Crippen LogP contribution in [0, 0.1) is 12.7 Å². The maximum absolute atomic E-state index is 13.2. The number of benzene rings is 2. The summed E-state index contributed by atoms with van der Waals surface area (Å²) < 4.78 is 19.0. The highest BCUT2D eigenvalue weighted by Gasteiger charge is 2.09. The average molecular weight is 280 g/mol. The lowest BCUT2D eigenvalue weighted by molar-refractivity contribution is 0.473. The SMILES string of the molecule is Cc1ccc(Cl)c(Oc2ccc(F)cc2CCN)c1. The topological polar surface area (TPSA) is 35.2 Å². The van der Waals surface area contributed by atoms with E-state index in [0.717, 1.165) is 11.1 Å². The van der Waals surface area contributed by atoms with Crippen LogP contribution in [0.1, 0.15) is 11.1 Å². The zero-order chi connectivity index (χ0) is 13.8. The van der Waals surface area contributed by atoms with Crippen molar-refractivity contribution < 1.29 is 9.13 Å². The Morgan fingerprint density at radius 2 is 1.95 bits per heavy atom. The first kappa shape index (κ1) is 13.8. The number of hydrogen-bond donors (Lipinski definition) is 1. The van der Waals surface area contributed by atoms with Gasteiger partial charge in [0.15, 0.2) is 0 Å². The normalized spacial score (nSPS) is 10.5. The Balaban J connectivity index is 2.34. The Hall–Kier alpha value is -1.58. The second-order valence-electron chi connectivity index (χ2n) is 4.33. The summed E-state index contributed by atoms with van der Waals surface area (Å²) >= 11 is 6.08. The maximum Gasteiger partial charge on any atom is 0.146 e. The van der Waals surface area contributed by atoms with Gasteiger partial charge in [-0.3, -0.25) is 0 Å². The van der Waals surface area contributed by atoms with Crippen LogP contribution in [0.25, 0.3) is 0 Å². The zero-order valence-corrected chi connectivity index (χ0v) is 11.4. The minimum absolute atomic E-state index is 0.300. The quantitative estimate of drug-likeness (QED) is 0.915. The smallest absolute Gasteiger partial charge is 0.146 e. The molecule has 0 saturated heterocycles. The summed E-state index contributed by atoms with van der Waals surface area (Å²) in [6.45, 7) is 2.38. The highest BCUT2D eigenvalue weighted by atomic mass is 35.5. The van der Waals surface area contributed by atoms with Crippen LogP contribution < -0.4 is 10.5 Å². The Labute approximate surface area is 117 Å². The fourth-order valence-corrected chi connectivity index (χ4v) is 1.96. The molecule has 0 amide bonds. The Kier molecular flexibility index (Phi) is 4.40. The largest absolute Gasteiger partial charge is 0.456 e. The van der Waals surface area contributed by atoms with Gasteiger partial charge in [0.1, 0.15) is 17.3 Å². The molecule has 2 N–H and O–H groups in total. The molecular weight excluding hydrogens is 265 g/mol. The molecule has 0 aliphatic rings. The van der Waals surface area contributed by atoms with Crippen LogP contribution in [0.15, 0.2) is 36.4 Å². The van der Waals surface area contributed by atoms with Crippen molar-refractivity contribution in [2.45, 2.75) is 13.3 Å². The van der Waals surface area contributed by atoms with Crippen LogP contribution in [0.5, 0.6) is 11.5 Å². The lowest BCUT2D eigenvalue weighted by Crippen LogP contribution is -2.04. The molecule has 2 aromatic rings. The van der Waals surface area contributed by atoms with E-state index < -0.39 is 0 Å². The standard InChI is InChI=1S/C15H15ClFNO/c1-10-2-4-13(16)15(8-10)19-14-5-3-12(17)9-11(14)6-7-18/h2-5,8-9H,6-7,18H2,1H3. The van der Waals surface area contributed by atoms with Gasteiger partial charge in [-0.2, -0.15) is 0 Å². The summed E-state index contributed by atoms with van der Waals surface area (Å²) in [6.07, 6.45) is 0.552. The van der Waals surface area contributed by atoms with Gasteiger partial charge in [-0.25, -0.2) is 4.39 Å². The zero-order valence-electron chi connectivity index (χ0n) is 10.6. The van der Waals surface area contributed by atoms with E-state index in [9.17, 15) is 4.39 Å². The Bertz CT molecular complexity index is 586. The predicted molar refractivity (Wildman–Crippen MR) is 75.4 cm³/mol.